The van der Waals surface area contributed by atoms with Gasteiger partial charge in [0.25, 0.3) is 0 Å². The highest BCUT2D eigenvalue weighted by Gasteiger charge is 2.37. The minimum absolute atomic E-state index is 0.218. The minimum atomic E-state index is -0.218. The van der Waals surface area contributed by atoms with E-state index in [4.69, 9.17) is 5.73 Å². The predicted octanol–water partition coefficient (Wildman–Crippen LogP) is 0.451. The zero-order valence-corrected chi connectivity index (χ0v) is 6.59. The van der Waals surface area contributed by atoms with Crippen LogP contribution >= 0.6 is 0 Å². The number of hydrogen-bond acceptors (Lipinski definition) is 3. The van der Waals surface area contributed by atoms with Gasteiger partial charge in [-0.3, -0.25) is 5.10 Å². The Bertz CT molecular complexity index is 261. The fraction of sp³-hybridized carbons (Fsp3) is 0.714. The molecule has 0 unspecified atom stereocenters. The first kappa shape index (κ1) is 6.79. The Morgan fingerprint density at radius 1 is 1.55 bits per heavy atom. The second kappa shape index (κ2) is 2.04. The first-order valence-corrected chi connectivity index (χ1v) is 3.89. The van der Waals surface area contributed by atoms with Crippen molar-refractivity contribution in [2.75, 3.05) is 0 Å². The van der Waals surface area contributed by atoms with E-state index in [2.05, 4.69) is 15.2 Å². The molecule has 0 radical (unpaired) electrons. The fourth-order valence-electron chi connectivity index (χ4n) is 1.35. The van der Waals surface area contributed by atoms with E-state index in [9.17, 15) is 0 Å². The molecule has 0 saturated heterocycles. The molecule has 0 bridgehead atoms. The summed E-state index contributed by atoms with van der Waals surface area (Å²) in [5.74, 6) is 1.62. The number of hydrogen-bond donors (Lipinski definition) is 2. The van der Waals surface area contributed by atoms with Crippen LogP contribution < -0.4 is 5.73 Å². The standard InChI is InChI=1S/C7H12N4/c1-5-9-6(11-10-5)7(8)3-2-4-7/h2-4,8H2,1H3,(H,9,10,11). The van der Waals surface area contributed by atoms with Gasteiger partial charge in [0.1, 0.15) is 5.82 Å². The van der Waals surface area contributed by atoms with Gasteiger partial charge in [0, 0.05) is 0 Å². The topological polar surface area (TPSA) is 67.6 Å². The number of nitrogens with zero attached hydrogens (tertiary/aromatic N) is 2. The van der Waals surface area contributed by atoms with E-state index >= 15 is 0 Å². The molecule has 4 nitrogen and oxygen atoms in total. The summed E-state index contributed by atoms with van der Waals surface area (Å²) in [7, 11) is 0. The van der Waals surface area contributed by atoms with Crippen LogP contribution in [0.2, 0.25) is 0 Å². The van der Waals surface area contributed by atoms with Crippen LogP contribution in [-0.2, 0) is 5.54 Å². The van der Waals surface area contributed by atoms with E-state index in [0.717, 1.165) is 24.5 Å². The molecule has 1 saturated carbocycles. The lowest BCUT2D eigenvalue weighted by atomic mass is 9.77. The molecule has 0 atom stereocenters. The zero-order chi connectivity index (χ0) is 7.90. The van der Waals surface area contributed by atoms with E-state index in [0.29, 0.717) is 0 Å². The van der Waals surface area contributed by atoms with E-state index in [1.54, 1.807) is 0 Å². The van der Waals surface area contributed by atoms with E-state index in [1.165, 1.54) is 6.42 Å². The summed E-state index contributed by atoms with van der Waals surface area (Å²) in [6.07, 6.45) is 3.23. The lowest BCUT2D eigenvalue weighted by molar-refractivity contribution is 0.239. The molecular weight excluding hydrogens is 140 g/mol. The van der Waals surface area contributed by atoms with Gasteiger partial charge >= 0.3 is 0 Å². The van der Waals surface area contributed by atoms with Gasteiger partial charge in [-0.15, -0.1) is 0 Å². The smallest absolute Gasteiger partial charge is 0.170 e. The van der Waals surface area contributed by atoms with Crippen molar-refractivity contribution in [3.63, 3.8) is 0 Å². The Balaban J connectivity index is 2.28. The van der Waals surface area contributed by atoms with Gasteiger partial charge in [-0.2, -0.15) is 5.10 Å². The van der Waals surface area contributed by atoms with E-state index in [1.807, 2.05) is 6.92 Å². The van der Waals surface area contributed by atoms with Crippen molar-refractivity contribution in [2.24, 2.45) is 5.73 Å². The maximum atomic E-state index is 5.99. The van der Waals surface area contributed by atoms with Crippen LogP contribution in [0.25, 0.3) is 0 Å². The highest BCUT2D eigenvalue weighted by atomic mass is 15.2. The average Bonchev–Trinajstić information content (AvgIpc) is 2.31. The van der Waals surface area contributed by atoms with Gasteiger partial charge in [0.15, 0.2) is 5.82 Å². The molecule has 60 valence electrons. The molecule has 1 aliphatic rings. The number of aromatic nitrogens is 3. The fourth-order valence-corrected chi connectivity index (χ4v) is 1.35. The molecule has 4 heteroatoms. The molecule has 0 amide bonds. The van der Waals surface area contributed by atoms with Crippen molar-refractivity contribution in [1.82, 2.24) is 15.2 Å². The number of aryl methyl sites for hydroxylation is 1. The van der Waals surface area contributed by atoms with Crippen LogP contribution in [-0.4, -0.2) is 15.2 Å². The molecule has 11 heavy (non-hydrogen) atoms. The average molecular weight is 152 g/mol. The highest BCUT2D eigenvalue weighted by molar-refractivity contribution is 5.09. The summed E-state index contributed by atoms with van der Waals surface area (Å²) in [4.78, 5) is 4.21. The zero-order valence-electron chi connectivity index (χ0n) is 6.59. The molecule has 1 aromatic heterocycles. The Kier molecular flexibility index (Phi) is 1.26. The van der Waals surface area contributed by atoms with Crippen molar-refractivity contribution in [3.8, 4) is 0 Å². The Labute approximate surface area is 65.2 Å². The third kappa shape index (κ3) is 0.939. The van der Waals surface area contributed by atoms with Crippen LogP contribution in [0.4, 0.5) is 0 Å². The van der Waals surface area contributed by atoms with Crippen LogP contribution in [0.1, 0.15) is 30.9 Å². The summed E-state index contributed by atoms with van der Waals surface area (Å²) in [6, 6.07) is 0. The van der Waals surface area contributed by atoms with Gasteiger partial charge < -0.3 is 5.73 Å². The van der Waals surface area contributed by atoms with E-state index in [-0.39, 0.29) is 5.54 Å². The lowest BCUT2D eigenvalue weighted by Gasteiger charge is -2.34. The summed E-state index contributed by atoms with van der Waals surface area (Å²) < 4.78 is 0. The lowest BCUT2D eigenvalue weighted by Crippen LogP contribution is -2.44. The first-order valence-electron chi connectivity index (χ1n) is 3.89. The van der Waals surface area contributed by atoms with Crippen molar-refractivity contribution in [3.05, 3.63) is 11.6 Å². The molecule has 1 aromatic rings. The molecule has 0 spiro atoms. The predicted molar refractivity (Wildman–Crippen MR) is 40.8 cm³/mol. The third-order valence-electron chi connectivity index (χ3n) is 2.29. The van der Waals surface area contributed by atoms with Crippen molar-refractivity contribution < 1.29 is 0 Å². The van der Waals surface area contributed by atoms with Crippen LogP contribution in [0.3, 0.4) is 0 Å². The first-order chi connectivity index (χ1) is 5.21. The highest BCUT2D eigenvalue weighted by Crippen LogP contribution is 2.36. The third-order valence-corrected chi connectivity index (χ3v) is 2.29. The monoisotopic (exact) mass is 152 g/mol. The second-order valence-electron chi connectivity index (χ2n) is 3.25. The van der Waals surface area contributed by atoms with Gasteiger partial charge in [-0.05, 0) is 26.2 Å². The second-order valence-corrected chi connectivity index (χ2v) is 3.25. The van der Waals surface area contributed by atoms with E-state index < -0.39 is 0 Å². The number of aromatic amines is 1. The Hall–Kier alpha value is -0.900. The Morgan fingerprint density at radius 3 is 2.64 bits per heavy atom. The van der Waals surface area contributed by atoms with Gasteiger partial charge in [-0.25, -0.2) is 4.98 Å². The number of nitrogens with one attached hydrogen (secondary N) is 1. The van der Waals surface area contributed by atoms with Crippen molar-refractivity contribution in [2.45, 2.75) is 31.7 Å². The number of nitrogens with two attached hydrogens (primary N) is 1. The van der Waals surface area contributed by atoms with Crippen molar-refractivity contribution in [1.29, 1.82) is 0 Å². The Morgan fingerprint density at radius 2 is 2.27 bits per heavy atom. The molecule has 2 rings (SSSR count). The van der Waals surface area contributed by atoms with Crippen molar-refractivity contribution >= 4 is 0 Å². The maximum Gasteiger partial charge on any atom is 0.170 e. The number of H-pyrrole nitrogens is 1. The maximum absolute atomic E-state index is 5.99. The van der Waals surface area contributed by atoms with Crippen LogP contribution in [0, 0.1) is 6.92 Å². The molecule has 0 aromatic carbocycles. The van der Waals surface area contributed by atoms with Gasteiger partial charge in [-0.1, -0.05) is 0 Å². The molecule has 3 N–H and O–H groups in total. The van der Waals surface area contributed by atoms with Gasteiger partial charge in [0.05, 0.1) is 5.54 Å². The SMILES string of the molecule is Cc1nc(C2(N)CCC2)n[nH]1. The largest absolute Gasteiger partial charge is 0.319 e. The van der Waals surface area contributed by atoms with Crippen LogP contribution in [0.15, 0.2) is 0 Å². The summed E-state index contributed by atoms with van der Waals surface area (Å²) >= 11 is 0. The van der Waals surface area contributed by atoms with Gasteiger partial charge in [0.2, 0.25) is 0 Å². The summed E-state index contributed by atoms with van der Waals surface area (Å²) in [6.45, 7) is 1.89. The quantitative estimate of drug-likeness (QED) is 0.614. The molecule has 0 aliphatic heterocycles. The minimum Gasteiger partial charge on any atom is -0.319 e. The van der Waals surface area contributed by atoms with Crippen LogP contribution in [0.5, 0.6) is 0 Å². The molecule has 1 aliphatic carbocycles. The molecule has 1 fully saturated rings. The normalized spacial score (nSPS) is 21.3. The summed E-state index contributed by atoms with van der Waals surface area (Å²) in [5, 5.41) is 6.85. The number of rotatable bonds is 1. The molecular formula is C7H12N4. The summed E-state index contributed by atoms with van der Waals surface area (Å²) in [5.41, 5.74) is 5.77. The molecule has 1 heterocycles.